The molecule has 4 rings (SSSR count). The van der Waals surface area contributed by atoms with Crippen molar-refractivity contribution in [1.29, 1.82) is 0 Å². The summed E-state index contributed by atoms with van der Waals surface area (Å²) in [6.45, 7) is 2.91. The second-order valence-electron chi connectivity index (χ2n) is 8.20. The third-order valence-corrected chi connectivity index (χ3v) is 5.95. The van der Waals surface area contributed by atoms with Crippen LogP contribution in [0.4, 0.5) is 8.78 Å². The number of aliphatic carboxylic acids is 1. The molecular formula is C17H24F2O4. The first-order chi connectivity index (χ1) is 10.6. The molecule has 0 spiro atoms. The first-order valence-electron chi connectivity index (χ1n) is 8.46. The van der Waals surface area contributed by atoms with E-state index < -0.39 is 35.3 Å². The van der Waals surface area contributed by atoms with E-state index in [2.05, 4.69) is 0 Å². The van der Waals surface area contributed by atoms with Crippen molar-refractivity contribution >= 4 is 11.9 Å². The van der Waals surface area contributed by atoms with Gasteiger partial charge in [0.05, 0.1) is 5.41 Å². The molecule has 0 aliphatic heterocycles. The summed E-state index contributed by atoms with van der Waals surface area (Å²) in [6, 6.07) is 0. The van der Waals surface area contributed by atoms with Gasteiger partial charge < -0.3 is 9.84 Å². The van der Waals surface area contributed by atoms with Gasteiger partial charge in [0, 0.05) is 0 Å². The number of hydrogen-bond acceptors (Lipinski definition) is 3. The maximum Gasteiger partial charge on any atom is 0.378 e. The summed E-state index contributed by atoms with van der Waals surface area (Å²) in [5.41, 5.74) is -0.656. The van der Waals surface area contributed by atoms with E-state index in [0.29, 0.717) is 37.0 Å². The lowest BCUT2D eigenvalue weighted by Gasteiger charge is -2.55. The van der Waals surface area contributed by atoms with Crippen LogP contribution in [0.25, 0.3) is 0 Å². The Bertz CT molecular complexity index is 479. The van der Waals surface area contributed by atoms with Crippen LogP contribution >= 0.6 is 0 Å². The Kier molecular flexibility index (Phi) is 3.92. The summed E-state index contributed by atoms with van der Waals surface area (Å²) in [4.78, 5) is 23.6. The van der Waals surface area contributed by atoms with Gasteiger partial charge in [-0.2, -0.15) is 8.78 Å². The molecule has 1 atom stereocenters. The number of esters is 1. The predicted molar refractivity (Wildman–Crippen MR) is 77.9 cm³/mol. The maximum atomic E-state index is 13.9. The molecule has 130 valence electrons. The molecule has 23 heavy (non-hydrogen) atoms. The Morgan fingerprint density at radius 2 is 1.52 bits per heavy atom. The first kappa shape index (κ1) is 16.7. The Morgan fingerprint density at radius 3 is 1.87 bits per heavy atom. The average molecular weight is 330 g/mol. The molecule has 0 aromatic carbocycles. The third kappa shape index (κ3) is 2.74. The van der Waals surface area contributed by atoms with Gasteiger partial charge in [-0.25, -0.2) is 4.79 Å². The van der Waals surface area contributed by atoms with Crippen molar-refractivity contribution in [1.82, 2.24) is 0 Å². The molecule has 0 amide bonds. The maximum absolute atomic E-state index is 13.9. The predicted octanol–water partition coefficient (Wildman–Crippen LogP) is 3.49. The zero-order chi connectivity index (χ0) is 17.0. The van der Waals surface area contributed by atoms with Crippen molar-refractivity contribution in [3.8, 4) is 0 Å². The van der Waals surface area contributed by atoms with Crippen molar-refractivity contribution in [3.05, 3.63) is 0 Å². The second-order valence-corrected chi connectivity index (χ2v) is 8.20. The molecule has 1 unspecified atom stereocenters. The van der Waals surface area contributed by atoms with E-state index in [1.165, 1.54) is 13.8 Å². The summed E-state index contributed by atoms with van der Waals surface area (Å²) >= 11 is 0. The highest BCUT2D eigenvalue weighted by molar-refractivity contribution is 5.80. The number of hydrogen-bond donors (Lipinski definition) is 1. The molecule has 0 radical (unpaired) electrons. The van der Waals surface area contributed by atoms with E-state index >= 15 is 0 Å². The SMILES string of the molecule is CC(C)C(OC(=O)C12CC3CC(CC(C3)C1)C2)C(F)(F)C(=O)O. The van der Waals surface area contributed by atoms with Crippen molar-refractivity contribution in [2.24, 2.45) is 29.1 Å². The summed E-state index contributed by atoms with van der Waals surface area (Å²) in [6.07, 6.45) is 3.60. The number of alkyl halides is 2. The highest BCUT2D eigenvalue weighted by atomic mass is 19.3. The summed E-state index contributed by atoms with van der Waals surface area (Å²) in [5.74, 6) is -6.19. The molecule has 0 heterocycles. The van der Waals surface area contributed by atoms with Gasteiger partial charge in [-0.05, 0) is 62.2 Å². The Labute approximate surface area is 134 Å². The van der Waals surface area contributed by atoms with E-state index in [1.54, 1.807) is 0 Å². The van der Waals surface area contributed by atoms with Crippen LogP contribution in [0.5, 0.6) is 0 Å². The van der Waals surface area contributed by atoms with Gasteiger partial charge >= 0.3 is 17.9 Å². The van der Waals surface area contributed by atoms with Crippen molar-refractivity contribution in [3.63, 3.8) is 0 Å². The number of ether oxygens (including phenoxy) is 1. The fourth-order valence-corrected chi connectivity index (χ4v) is 5.35. The molecule has 4 bridgehead atoms. The molecule has 4 aliphatic rings. The molecule has 0 aromatic heterocycles. The van der Waals surface area contributed by atoms with Crippen LogP contribution in [0, 0.1) is 29.1 Å². The van der Waals surface area contributed by atoms with Gasteiger partial charge in [0.25, 0.3) is 0 Å². The lowest BCUT2D eigenvalue weighted by molar-refractivity contribution is -0.211. The van der Waals surface area contributed by atoms with E-state index in [4.69, 9.17) is 9.84 Å². The largest absolute Gasteiger partial charge is 0.477 e. The molecule has 6 heteroatoms. The van der Waals surface area contributed by atoms with E-state index in [-0.39, 0.29) is 0 Å². The van der Waals surface area contributed by atoms with E-state index in [1.807, 2.05) is 0 Å². The van der Waals surface area contributed by atoms with Crippen LogP contribution in [0.1, 0.15) is 52.4 Å². The zero-order valence-corrected chi connectivity index (χ0v) is 13.6. The normalized spacial score (nSPS) is 37.0. The van der Waals surface area contributed by atoms with Crippen LogP contribution in [0.2, 0.25) is 0 Å². The molecular weight excluding hydrogens is 306 g/mol. The lowest BCUT2D eigenvalue weighted by atomic mass is 9.49. The first-order valence-corrected chi connectivity index (χ1v) is 8.46. The van der Waals surface area contributed by atoms with Crippen LogP contribution in [0.15, 0.2) is 0 Å². The minimum absolute atomic E-state index is 0.492. The van der Waals surface area contributed by atoms with Gasteiger partial charge in [0.15, 0.2) is 6.10 Å². The number of carbonyl (C=O) groups excluding carboxylic acids is 1. The summed E-state index contributed by atoms with van der Waals surface area (Å²) < 4.78 is 33.0. The van der Waals surface area contributed by atoms with Crippen LogP contribution in [0.3, 0.4) is 0 Å². The Morgan fingerprint density at radius 1 is 1.09 bits per heavy atom. The summed E-state index contributed by atoms with van der Waals surface area (Å²) in [7, 11) is 0. The minimum atomic E-state index is -4.06. The van der Waals surface area contributed by atoms with E-state index in [9.17, 15) is 18.4 Å². The molecule has 4 nitrogen and oxygen atoms in total. The Balaban J connectivity index is 1.79. The van der Waals surface area contributed by atoms with Crippen LogP contribution < -0.4 is 0 Å². The molecule has 0 aromatic rings. The van der Waals surface area contributed by atoms with Gasteiger partial charge in [0.1, 0.15) is 0 Å². The molecule has 1 N–H and O–H groups in total. The fourth-order valence-electron chi connectivity index (χ4n) is 5.35. The zero-order valence-electron chi connectivity index (χ0n) is 13.6. The molecule has 4 aliphatic carbocycles. The van der Waals surface area contributed by atoms with Crippen LogP contribution in [-0.2, 0) is 14.3 Å². The van der Waals surface area contributed by atoms with Crippen molar-refractivity contribution in [2.45, 2.75) is 64.4 Å². The highest BCUT2D eigenvalue weighted by Crippen LogP contribution is 2.60. The van der Waals surface area contributed by atoms with Crippen LogP contribution in [-0.4, -0.2) is 29.1 Å². The molecule has 4 saturated carbocycles. The van der Waals surface area contributed by atoms with E-state index in [0.717, 1.165) is 19.3 Å². The number of carbonyl (C=O) groups is 2. The van der Waals surface area contributed by atoms with Crippen molar-refractivity contribution < 1.29 is 28.2 Å². The number of halogens is 2. The molecule has 0 saturated heterocycles. The number of carboxylic acid groups (broad SMARTS) is 1. The highest BCUT2D eigenvalue weighted by Gasteiger charge is 2.58. The second kappa shape index (κ2) is 5.42. The summed E-state index contributed by atoms with van der Waals surface area (Å²) in [5, 5.41) is 8.77. The topological polar surface area (TPSA) is 63.6 Å². The van der Waals surface area contributed by atoms with Gasteiger partial charge in [0.2, 0.25) is 0 Å². The average Bonchev–Trinajstić information content (AvgIpc) is 2.42. The smallest absolute Gasteiger partial charge is 0.378 e. The Hall–Kier alpha value is -1.20. The van der Waals surface area contributed by atoms with Gasteiger partial charge in [-0.3, -0.25) is 4.79 Å². The molecule has 4 fully saturated rings. The van der Waals surface area contributed by atoms with Crippen molar-refractivity contribution in [2.75, 3.05) is 0 Å². The van der Waals surface area contributed by atoms with Gasteiger partial charge in [-0.1, -0.05) is 13.8 Å². The number of rotatable bonds is 5. The third-order valence-electron chi connectivity index (χ3n) is 5.95. The quantitative estimate of drug-likeness (QED) is 0.784. The van der Waals surface area contributed by atoms with Gasteiger partial charge in [-0.15, -0.1) is 0 Å². The standard InChI is InChI=1S/C17H24F2O4/c1-9(2)13(17(18,19)14(20)21)23-15(22)16-6-10-3-11(7-16)5-12(4-10)8-16/h9-13H,3-8H2,1-2H3,(H,20,21). The monoisotopic (exact) mass is 330 g/mol. The lowest BCUT2D eigenvalue weighted by Crippen LogP contribution is -2.54. The minimum Gasteiger partial charge on any atom is -0.477 e. The number of carboxylic acids is 1. The fraction of sp³-hybridized carbons (Fsp3) is 0.882.